The molecule has 0 bridgehead atoms. The zero-order valence-electron chi connectivity index (χ0n) is 18.8. The summed E-state index contributed by atoms with van der Waals surface area (Å²) in [6.07, 6.45) is 2.58. The zero-order chi connectivity index (χ0) is 24.5. The van der Waals surface area contributed by atoms with E-state index in [1.165, 1.54) is 25.6 Å². The minimum Gasteiger partial charge on any atom is -0.463 e. The fraction of sp³-hybridized carbons (Fsp3) is 0.545. The minimum absolute atomic E-state index is 0.0712. The van der Waals surface area contributed by atoms with Crippen LogP contribution in [0.1, 0.15) is 34.1 Å². The van der Waals surface area contributed by atoms with Gasteiger partial charge in [0.1, 0.15) is 23.9 Å². The summed E-state index contributed by atoms with van der Waals surface area (Å²) in [7, 11) is 0. The molecule has 1 heterocycles. The topological polar surface area (TPSA) is 132 Å². The van der Waals surface area contributed by atoms with Crippen LogP contribution in [0.3, 0.4) is 0 Å². The molecule has 2 aliphatic rings. The van der Waals surface area contributed by atoms with E-state index in [0.717, 1.165) is 13.8 Å². The molecule has 1 aliphatic heterocycles. The number of ether oxygens (including phenoxy) is 5. The first-order chi connectivity index (χ1) is 15.6. The molecule has 10 nitrogen and oxygen atoms in total. The largest absolute Gasteiger partial charge is 0.463 e. The number of hydrogen-bond donors (Lipinski definition) is 0. The van der Waals surface area contributed by atoms with Crippen molar-refractivity contribution in [2.45, 2.75) is 64.0 Å². The van der Waals surface area contributed by atoms with Crippen molar-refractivity contribution in [3.63, 3.8) is 0 Å². The fourth-order valence-electron chi connectivity index (χ4n) is 3.29. The summed E-state index contributed by atoms with van der Waals surface area (Å²) < 4.78 is 27.1. The van der Waals surface area contributed by atoms with Crippen LogP contribution < -0.4 is 0 Å². The quantitative estimate of drug-likeness (QED) is 0.328. The van der Waals surface area contributed by atoms with E-state index in [0.29, 0.717) is 11.7 Å². The first-order valence-corrected chi connectivity index (χ1v) is 11.3. The van der Waals surface area contributed by atoms with Crippen molar-refractivity contribution in [3.8, 4) is 0 Å². The molecule has 0 spiro atoms. The highest BCUT2D eigenvalue weighted by atomic mass is 32.2. The number of ketones is 1. The van der Waals surface area contributed by atoms with E-state index in [9.17, 15) is 24.0 Å². The number of carbonyl (C=O) groups excluding carboxylic acids is 5. The molecule has 11 heteroatoms. The molecular weight excluding hydrogens is 456 g/mol. The summed E-state index contributed by atoms with van der Waals surface area (Å²) >= 11 is 1.17. The van der Waals surface area contributed by atoms with Gasteiger partial charge in [0.2, 0.25) is 0 Å². The van der Waals surface area contributed by atoms with E-state index >= 15 is 0 Å². The number of carbonyl (C=O) groups is 5. The second-order valence-electron chi connectivity index (χ2n) is 7.29. The molecule has 1 saturated heterocycles. The molecule has 2 rings (SSSR count). The summed E-state index contributed by atoms with van der Waals surface area (Å²) in [5.74, 6) is -1.83. The highest BCUT2D eigenvalue weighted by molar-refractivity contribution is 7.99. The second-order valence-corrected chi connectivity index (χ2v) is 8.49. The third-order valence-corrected chi connectivity index (χ3v) is 5.69. The van der Waals surface area contributed by atoms with Crippen LogP contribution in [0.5, 0.6) is 0 Å². The Kier molecular flexibility index (Phi) is 10.6. The molecule has 0 N–H and O–H groups in total. The van der Waals surface area contributed by atoms with Crippen LogP contribution in [0.4, 0.5) is 0 Å². The number of thioether (sulfide) groups is 1. The van der Waals surface area contributed by atoms with Crippen molar-refractivity contribution in [3.05, 3.63) is 31.6 Å². The SMILES string of the molecule is CC(=O)OC[C@H]1O[C@@H](SCCC(=O)[C]2[CH][CH][CH][CH]2)[C@H](OC(C)=O)[C@@H](OC(C)=O)[C@@H]1OC(C)=O. The number of hydrogen-bond acceptors (Lipinski definition) is 11. The fourth-order valence-corrected chi connectivity index (χ4v) is 4.45. The van der Waals surface area contributed by atoms with Crippen LogP contribution in [0, 0.1) is 31.6 Å². The smallest absolute Gasteiger partial charge is 0.303 e. The predicted molar refractivity (Wildman–Crippen MR) is 114 cm³/mol. The summed E-state index contributed by atoms with van der Waals surface area (Å²) in [5, 5.41) is 0. The van der Waals surface area contributed by atoms with Crippen LogP contribution >= 0.6 is 11.8 Å². The third-order valence-electron chi connectivity index (χ3n) is 4.54. The lowest BCUT2D eigenvalue weighted by Gasteiger charge is -2.44. The third kappa shape index (κ3) is 8.62. The molecule has 1 saturated carbocycles. The Morgan fingerprint density at radius 1 is 0.818 bits per heavy atom. The number of esters is 4. The van der Waals surface area contributed by atoms with Crippen molar-refractivity contribution in [1.82, 2.24) is 0 Å². The Morgan fingerprint density at radius 3 is 1.91 bits per heavy atom. The first-order valence-electron chi connectivity index (χ1n) is 10.3. The predicted octanol–water partition coefficient (Wildman–Crippen LogP) is 1.17. The second kappa shape index (κ2) is 12.9. The molecule has 2 fully saturated rings. The van der Waals surface area contributed by atoms with Crippen molar-refractivity contribution in [2.24, 2.45) is 0 Å². The molecule has 1 aliphatic carbocycles. The van der Waals surface area contributed by atoms with E-state index in [1.54, 1.807) is 25.7 Å². The van der Waals surface area contributed by atoms with Gasteiger partial charge < -0.3 is 23.7 Å². The summed E-state index contributed by atoms with van der Waals surface area (Å²) in [5.41, 5.74) is -0.891. The molecule has 0 amide bonds. The van der Waals surface area contributed by atoms with Gasteiger partial charge in [0.25, 0.3) is 0 Å². The Morgan fingerprint density at radius 2 is 1.36 bits per heavy atom. The van der Waals surface area contributed by atoms with Gasteiger partial charge in [-0.2, -0.15) is 0 Å². The molecule has 5 radical (unpaired) electrons. The molecule has 5 atom stereocenters. The lowest BCUT2D eigenvalue weighted by molar-refractivity contribution is -0.237. The van der Waals surface area contributed by atoms with Crippen molar-refractivity contribution in [1.29, 1.82) is 0 Å². The normalized spacial score (nSPS) is 27.5. The van der Waals surface area contributed by atoms with Gasteiger partial charge in [0, 0.05) is 45.8 Å². The van der Waals surface area contributed by atoms with E-state index in [2.05, 4.69) is 0 Å². The molecule has 0 aromatic heterocycles. The molecule has 0 unspecified atom stereocenters. The lowest BCUT2D eigenvalue weighted by atomic mass is 9.99. The van der Waals surface area contributed by atoms with Gasteiger partial charge in [0.05, 0.1) is 0 Å². The Hall–Kier alpha value is -2.14. The minimum atomic E-state index is -1.21. The molecule has 33 heavy (non-hydrogen) atoms. The summed E-state index contributed by atoms with van der Waals surface area (Å²) in [6, 6.07) is 0. The summed E-state index contributed by atoms with van der Waals surface area (Å²) in [6.45, 7) is 4.41. The maximum absolute atomic E-state index is 12.3. The van der Waals surface area contributed by atoms with Crippen LogP contribution in [0.25, 0.3) is 0 Å². The van der Waals surface area contributed by atoms with Gasteiger partial charge in [-0.15, -0.1) is 11.8 Å². The zero-order valence-corrected chi connectivity index (χ0v) is 19.6. The van der Waals surface area contributed by atoms with E-state index in [-0.39, 0.29) is 18.8 Å². The average molecular weight is 484 g/mol. The van der Waals surface area contributed by atoms with Crippen LogP contribution in [0.2, 0.25) is 0 Å². The molecule has 181 valence electrons. The van der Waals surface area contributed by atoms with Gasteiger partial charge in [-0.3, -0.25) is 24.0 Å². The van der Waals surface area contributed by atoms with Gasteiger partial charge in [-0.25, -0.2) is 0 Å². The maximum atomic E-state index is 12.3. The van der Waals surface area contributed by atoms with Crippen molar-refractivity contribution in [2.75, 3.05) is 12.4 Å². The number of Topliss-reactive ketones (excluding diaryl/α,β-unsaturated/α-hetero) is 1. The van der Waals surface area contributed by atoms with Gasteiger partial charge >= 0.3 is 23.9 Å². The Labute approximate surface area is 197 Å². The molecule has 0 aromatic carbocycles. The highest BCUT2D eigenvalue weighted by Gasteiger charge is 2.52. The summed E-state index contributed by atoms with van der Waals surface area (Å²) in [4.78, 5) is 59.0. The van der Waals surface area contributed by atoms with Crippen molar-refractivity contribution >= 4 is 41.4 Å². The van der Waals surface area contributed by atoms with Gasteiger partial charge in [-0.05, 0) is 25.7 Å². The van der Waals surface area contributed by atoms with E-state index in [4.69, 9.17) is 23.7 Å². The molecular formula is C22H27O10S. The Bertz CT molecular complexity index is 733. The van der Waals surface area contributed by atoms with E-state index in [1.807, 2.05) is 0 Å². The Balaban J connectivity index is 2.22. The van der Waals surface area contributed by atoms with E-state index < -0.39 is 53.7 Å². The van der Waals surface area contributed by atoms with Crippen LogP contribution in [0.15, 0.2) is 0 Å². The maximum Gasteiger partial charge on any atom is 0.303 e. The standard InChI is InChI=1S/C22H27O10S/c1-12(23)28-11-18-19(29-13(2)24)20(30-14(3)25)21(31-15(4)26)22(32-18)33-10-9-17(27)16-7-5-6-8-16/h5-8,18-22H,9-11H2,1-4H3/t18-,19-,20+,21-,22+/m1/s1. The molecule has 0 aromatic rings. The monoisotopic (exact) mass is 483 g/mol. The van der Waals surface area contributed by atoms with Crippen LogP contribution in [-0.2, 0) is 47.7 Å². The lowest BCUT2D eigenvalue weighted by Crippen LogP contribution is -2.61. The first kappa shape index (κ1) is 27.1. The highest BCUT2D eigenvalue weighted by Crippen LogP contribution is 2.35. The number of rotatable bonds is 10. The van der Waals surface area contributed by atoms with Crippen molar-refractivity contribution < 1.29 is 47.7 Å². The average Bonchev–Trinajstić information content (AvgIpc) is 3.24. The van der Waals surface area contributed by atoms with Gasteiger partial charge in [-0.1, -0.05) is 0 Å². The van der Waals surface area contributed by atoms with Crippen LogP contribution in [-0.4, -0.2) is 71.9 Å². The van der Waals surface area contributed by atoms with Gasteiger partial charge in [0.15, 0.2) is 18.3 Å².